The van der Waals surface area contributed by atoms with E-state index in [1.165, 1.54) is 4.90 Å². The smallest absolute Gasteiger partial charge is 0.312 e. The molecular formula is C10H19N3O2. The maximum Gasteiger partial charge on any atom is 0.312 e. The van der Waals surface area contributed by atoms with Gasteiger partial charge in [-0.05, 0) is 20.9 Å². The molecule has 0 saturated carbocycles. The Morgan fingerprint density at radius 1 is 1.47 bits per heavy atom. The molecule has 0 aromatic rings. The van der Waals surface area contributed by atoms with Crippen LogP contribution in [-0.2, 0) is 9.59 Å². The summed E-state index contributed by atoms with van der Waals surface area (Å²) < 4.78 is 0. The SMILES string of the molecule is CNC(C)CN1CC(C)N(C)C(=O)C1=O. The number of likely N-dealkylation sites (N-methyl/N-ethyl adjacent to an activating group) is 2. The summed E-state index contributed by atoms with van der Waals surface area (Å²) in [6.45, 7) is 5.13. The third-order valence-corrected chi connectivity index (χ3v) is 2.92. The first-order valence-corrected chi connectivity index (χ1v) is 5.20. The Bertz CT molecular complexity index is 265. The summed E-state index contributed by atoms with van der Waals surface area (Å²) in [5.74, 6) is -0.797. The maximum atomic E-state index is 11.6. The molecule has 0 aromatic carbocycles. The van der Waals surface area contributed by atoms with Crippen molar-refractivity contribution in [2.45, 2.75) is 25.9 Å². The van der Waals surface area contributed by atoms with Crippen LogP contribution in [0.25, 0.3) is 0 Å². The molecular weight excluding hydrogens is 194 g/mol. The molecule has 1 saturated heterocycles. The van der Waals surface area contributed by atoms with Crippen molar-refractivity contribution in [2.75, 3.05) is 27.2 Å². The number of nitrogens with zero attached hydrogens (tertiary/aromatic N) is 2. The van der Waals surface area contributed by atoms with Crippen LogP contribution in [0.2, 0.25) is 0 Å². The molecule has 1 aliphatic heterocycles. The van der Waals surface area contributed by atoms with Crippen LogP contribution in [0.15, 0.2) is 0 Å². The van der Waals surface area contributed by atoms with Gasteiger partial charge >= 0.3 is 11.8 Å². The van der Waals surface area contributed by atoms with Gasteiger partial charge in [-0.15, -0.1) is 0 Å². The molecule has 2 amide bonds. The molecule has 0 spiro atoms. The van der Waals surface area contributed by atoms with Crippen LogP contribution in [0.3, 0.4) is 0 Å². The Hall–Kier alpha value is -1.10. The fourth-order valence-corrected chi connectivity index (χ4v) is 1.59. The zero-order valence-electron chi connectivity index (χ0n) is 9.78. The molecule has 1 rings (SSSR count). The van der Waals surface area contributed by atoms with E-state index in [0.29, 0.717) is 13.1 Å². The van der Waals surface area contributed by atoms with E-state index in [1.54, 1.807) is 11.9 Å². The number of carbonyl (C=O) groups is 2. The lowest BCUT2D eigenvalue weighted by atomic mass is 10.1. The van der Waals surface area contributed by atoms with E-state index in [-0.39, 0.29) is 12.1 Å². The highest BCUT2D eigenvalue weighted by Crippen LogP contribution is 2.09. The summed E-state index contributed by atoms with van der Waals surface area (Å²) in [5.41, 5.74) is 0. The zero-order valence-corrected chi connectivity index (χ0v) is 9.78. The van der Waals surface area contributed by atoms with Crippen molar-refractivity contribution in [1.82, 2.24) is 15.1 Å². The highest BCUT2D eigenvalue weighted by atomic mass is 16.2. The highest BCUT2D eigenvalue weighted by molar-refractivity contribution is 6.35. The second-order valence-corrected chi connectivity index (χ2v) is 4.16. The van der Waals surface area contributed by atoms with E-state index < -0.39 is 11.8 Å². The minimum Gasteiger partial charge on any atom is -0.333 e. The summed E-state index contributed by atoms with van der Waals surface area (Å²) in [6.07, 6.45) is 0. The predicted molar refractivity (Wildman–Crippen MR) is 57.3 cm³/mol. The van der Waals surface area contributed by atoms with E-state index in [9.17, 15) is 9.59 Å². The Labute approximate surface area is 90.4 Å². The Balaban J connectivity index is 2.67. The second-order valence-electron chi connectivity index (χ2n) is 4.16. The largest absolute Gasteiger partial charge is 0.333 e. The van der Waals surface area contributed by atoms with Crippen molar-refractivity contribution >= 4 is 11.8 Å². The fraction of sp³-hybridized carbons (Fsp3) is 0.800. The van der Waals surface area contributed by atoms with Gasteiger partial charge in [0.2, 0.25) is 0 Å². The Kier molecular flexibility index (Phi) is 3.68. The number of rotatable bonds is 3. The molecule has 0 aromatic heterocycles. The first-order chi connectivity index (χ1) is 6.97. The first kappa shape index (κ1) is 12.0. The third-order valence-electron chi connectivity index (χ3n) is 2.92. The van der Waals surface area contributed by atoms with Gasteiger partial charge in [0.05, 0.1) is 0 Å². The van der Waals surface area contributed by atoms with Crippen molar-refractivity contribution in [3.05, 3.63) is 0 Å². The monoisotopic (exact) mass is 213 g/mol. The molecule has 0 radical (unpaired) electrons. The number of hydrogen-bond donors (Lipinski definition) is 1. The average Bonchev–Trinajstić information content (AvgIpc) is 2.22. The number of nitrogens with one attached hydrogen (secondary N) is 1. The van der Waals surface area contributed by atoms with Crippen LogP contribution >= 0.6 is 0 Å². The van der Waals surface area contributed by atoms with E-state index in [2.05, 4.69) is 5.32 Å². The maximum absolute atomic E-state index is 11.6. The molecule has 15 heavy (non-hydrogen) atoms. The van der Waals surface area contributed by atoms with Crippen LogP contribution in [-0.4, -0.2) is 60.9 Å². The van der Waals surface area contributed by atoms with Crippen LogP contribution in [0, 0.1) is 0 Å². The summed E-state index contributed by atoms with van der Waals surface area (Å²) in [5, 5.41) is 3.05. The van der Waals surface area contributed by atoms with Gasteiger partial charge in [0, 0.05) is 32.2 Å². The van der Waals surface area contributed by atoms with E-state index in [4.69, 9.17) is 0 Å². The summed E-state index contributed by atoms with van der Waals surface area (Å²) in [7, 11) is 3.51. The van der Waals surface area contributed by atoms with E-state index in [1.807, 2.05) is 20.9 Å². The zero-order chi connectivity index (χ0) is 11.6. The minimum atomic E-state index is -0.406. The first-order valence-electron chi connectivity index (χ1n) is 5.20. The molecule has 2 atom stereocenters. The summed E-state index contributed by atoms with van der Waals surface area (Å²) in [4.78, 5) is 26.3. The van der Waals surface area contributed by atoms with Gasteiger partial charge in [0.1, 0.15) is 0 Å². The van der Waals surface area contributed by atoms with Crippen molar-refractivity contribution in [1.29, 1.82) is 0 Å². The molecule has 1 aliphatic rings. The summed E-state index contributed by atoms with van der Waals surface area (Å²) in [6, 6.07) is 0.302. The standard InChI is InChI=1S/C10H19N3O2/c1-7(11-3)5-13-6-8(2)12(4)9(14)10(13)15/h7-8,11H,5-6H2,1-4H3. The topological polar surface area (TPSA) is 52.6 Å². The number of carbonyl (C=O) groups excluding carboxylic acids is 2. The quantitative estimate of drug-likeness (QED) is 0.630. The van der Waals surface area contributed by atoms with Gasteiger partial charge in [0.15, 0.2) is 0 Å². The molecule has 0 aliphatic carbocycles. The number of amides is 2. The van der Waals surface area contributed by atoms with Crippen LogP contribution in [0.1, 0.15) is 13.8 Å². The predicted octanol–water partition coefficient (Wildman–Crippen LogP) is -0.717. The molecule has 0 bridgehead atoms. The van der Waals surface area contributed by atoms with Gasteiger partial charge in [-0.3, -0.25) is 9.59 Å². The van der Waals surface area contributed by atoms with Gasteiger partial charge < -0.3 is 15.1 Å². The molecule has 86 valence electrons. The molecule has 5 heteroatoms. The Morgan fingerprint density at radius 3 is 2.60 bits per heavy atom. The lowest BCUT2D eigenvalue weighted by Gasteiger charge is -2.37. The number of piperazine rings is 1. The van der Waals surface area contributed by atoms with Crippen molar-refractivity contribution in [2.24, 2.45) is 0 Å². The van der Waals surface area contributed by atoms with E-state index >= 15 is 0 Å². The van der Waals surface area contributed by atoms with Crippen molar-refractivity contribution < 1.29 is 9.59 Å². The molecule has 1 heterocycles. The van der Waals surface area contributed by atoms with Gasteiger partial charge in [-0.1, -0.05) is 0 Å². The van der Waals surface area contributed by atoms with Crippen molar-refractivity contribution in [3.63, 3.8) is 0 Å². The van der Waals surface area contributed by atoms with Crippen LogP contribution in [0.5, 0.6) is 0 Å². The number of hydrogen-bond acceptors (Lipinski definition) is 3. The fourth-order valence-electron chi connectivity index (χ4n) is 1.59. The van der Waals surface area contributed by atoms with Crippen LogP contribution < -0.4 is 5.32 Å². The van der Waals surface area contributed by atoms with Gasteiger partial charge in [-0.2, -0.15) is 0 Å². The second kappa shape index (κ2) is 4.61. The normalized spacial score (nSPS) is 24.7. The lowest BCUT2D eigenvalue weighted by molar-refractivity contribution is -0.157. The Morgan fingerprint density at radius 2 is 2.07 bits per heavy atom. The third kappa shape index (κ3) is 2.47. The molecule has 1 fully saturated rings. The van der Waals surface area contributed by atoms with E-state index in [0.717, 1.165) is 0 Å². The molecule has 2 unspecified atom stereocenters. The summed E-state index contributed by atoms with van der Waals surface area (Å²) >= 11 is 0. The lowest BCUT2D eigenvalue weighted by Crippen LogP contribution is -2.58. The van der Waals surface area contributed by atoms with Crippen LogP contribution in [0.4, 0.5) is 0 Å². The van der Waals surface area contributed by atoms with Gasteiger partial charge in [-0.25, -0.2) is 0 Å². The van der Waals surface area contributed by atoms with Crippen molar-refractivity contribution in [3.8, 4) is 0 Å². The molecule has 5 nitrogen and oxygen atoms in total. The van der Waals surface area contributed by atoms with Gasteiger partial charge in [0.25, 0.3) is 0 Å². The molecule has 1 N–H and O–H groups in total. The minimum absolute atomic E-state index is 0.0965. The highest BCUT2D eigenvalue weighted by Gasteiger charge is 2.34. The average molecular weight is 213 g/mol.